The number of nitrogens with one attached hydrogen (secondary N) is 2. The molecule has 1 saturated heterocycles. The molecule has 7 heteroatoms. The maximum atomic E-state index is 12.1. The Kier molecular flexibility index (Phi) is 5.46. The van der Waals surface area contributed by atoms with Gasteiger partial charge in [-0.3, -0.25) is 4.79 Å². The first kappa shape index (κ1) is 19.1. The molecule has 3 N–H and O–H groups in total. The number of carbonyl (C=O) groups is 1. The minimum Gasteiger partial charge on any atom is -0.391 e. The lowest BCUT2D eigenvalue weighted by Crippen LogP contribution is -2.45. The lowest BCUT2D eigenvalue weighted by Gasteiger charge is -2.29. The van der Waals surface area contributed by atoms with E-state index in [1.807, 2.05) is 24.3 Å². The zero-order valence-electron chi connectivity index (χ0n) is 16.3. The molecule has 2 aliphatic rings. The number of nitrogens with zero attached hydrogens (tertiary/aromatic N) is 2. The van der Waals surface area contributed by atoms with Crippen molar-refractivity contribution in [1.82, 2.24) is 20.8 Å². The van der Waals surface area contributed by atoms with Crippen LogP contribution >= 0.6 is 0 Å². The highest BCUT2D eigenvalue weighted by atomic mass is 16.5. The highest BCUT2D eigenvalue weighted by molar-refractivity contribution is 5.82. The van der Waals surface area contributed by atoms with Gasteiger partial charge in [0.15, 0.2) is 0 Å². The van der Waals surface area contributed by atoms with Gasteiger partial charge in [0.1, 0.15) is 6.04 Å². The van der Waals surface area contributed by atoms with Gasteiger partial charge in [-0.15, -0.1) is 0 Å². The largest absolute Gasteiger partial charge is 0.391 e. The van der Waals surface area contributed by atoms with Crippen LogP contribution in [0.1, 0.15) is 56.9 Å². The normalized spacial score (nSPS) is 24.2. The van der Waals surface area contributed by atoms with Crippen molar-refractivity contribution in [3.05, 3.63) is 35.7 Å². The SMILES string of the molecule is CC1(c2nc(-c3ccc(CNC(=O)[C@H]4NCC[C@@H]4O)cc3)no2)CCCCC1. The van der Waals surface area contributed by atoms with Gasteiger partial charge >= 0.3 is 0 Å². The third-order valence-electron chi connectivity index (χ3n) is 6.05. The summed E-state index contributed by atoms with van der Waals surface area (Å²) < 4.78 is 5.59. The molecule has 2 heterocycles. The Labute approximate surface area is 164 Å². The van der Waals surface area contributed by atoms with Crippen molar-refractivity contribution in [2.75, 3.05) is 6.54 Å². The number of aliphatic hydroxyl groups excluding tert-OH is 1. The van der Waals surface area contributed by atoms with Crippen molar-refractivity contribution in [1.29, 1.82) is 0 Å². The minimum atomic E-state index is -0.610. The van der Waals surface area contributed by atoms with Gasteiger partial charge in [-0.2, -0.15) is 4.98 Å². The molecule has 7 nitrogen and oxygen atoms in total. The molecule has 1 aliphatic carbocycles. The first-order valence-corrected chi connectivity index (χ1v) is 10.2. The molecule has 28 heavy (non-hydrogen) atoms. The molecule has 2 atom stereocenters. The van der Waals surface area contributed by atoms with Crippen LogP contribution < -0.4 is 10.6 Å². The topological polar surface area (TPSA) is 100 Å². The molecule has 2 fully saturated rings. The quantitative estimate of drug-likeness (QED) is 0.731. The maximum Gasteiger partial charge on any atom is 0.240 e. The van der Waals surface area contributed by atoms with E-state index >= 15 is 0 Å². The molecule has 1 aliphatic heterocycles. The van der Waals surface area contributed by atoms with E-state index in [1.54, 1.807) is 0 Å². The third-order valence-corrected chi connectivity index (χ3v) is 6.05. The predicted octanol–water partition coefficient (Wildman–Crippen LogP) is 2.30. The lowest BCUT2D eigenvalue weighted by molar-refractivity contribution is -0.124. The summed E-state index contributed by atoms with van der Waals surface area (Å²) in [4.78, 5) is 16.8. The highest BCUT2D eigenvalue weighted by Crippen LogP contribution is 2.38. The van der Waals surface area contributed by atoms with Crippen molar-refractivity contribution in [3.8, 4) is 11.4 Å². The Hall–Kier alpha value is -2.25. The van der Waals surface area contributed by atoms with E-state index in [9.17, 15) is 9.90 Å². The van der Waals surface area contributed by atoms with Gasteiger partial charge in [-0.1, -0.05) is 55.6 Å². The summed E-state index contributed by atoms with van der Waals surface area (Å²) in [6.45, 7) is 3.30. The number of carbonyl (C=O) groups excluding carboxylic acids is 1. The highest BCUT2D eigenvalue weighted by Gasteiger charge is 2.34. The fourth-order valence-corrected chi connectivity index (χ4v) is 4.16. The van der Waals surface area contributed by atoms with Crippen molar-refractivity contribution in [2.45, 2.75) is 69.6 Å². The van der Waals surface area contributed by atoms with E-state index in [2.05, 4.69) is 27.7 Å². The van der Waals surface area contributed by atoms with Gasteiger partial charge in [0.2, 0.25) is 17.6 Å². The van der Waals surface area contributed by atoms with E-state index in [4.69, 9.17) is 4.52 Å². The lowest BCUT2D eigenvalue weighted by atomic mass is 9.75. The first-order chi connectivity index (χ1) is 13.5. The molecule has 150 valence electrons. The van der Waals surface area contributed by atoms with Crippen LogP contribution in [0.25, 0.3) is 11.4 Å². The van der Waals surface area contributed by atoms with Crippen molar-refractivity contribution < 1.29 is 14.4 Å². The molecule has 1 aromatic carbocycles. The van der Waals surface area contributed by atoms with Crippen LogP contribution in [0.2, 0.25) is 0 Å². The molecule has 4 rings (SSSR count). The predicted molar refractivity (Wildman–Crippen MR) is 104 cm³/mol. The number of aliphatic hydroxyl groups is 1. The second-order valence-electron chi connectivity index (χ2n) is 8.25. The second kappa shape index (κ2) is 8.01. The smallest absolute Gasteiger partial charge is 0.240 e. The molecule has 1 amide bonds. The standard InChI is InChI=1S/C21H28N4O3/c1-21(10-3-2-4-11-21)20-24-18(25-28-20)15-7-5-14(6-8-15)13-23-19(27)17-16(26)9-12-22-17/h5-8,16-17,22,26H,2-4,9-13H2,1H3,(H,23,27)/t16-,17-/m0/s1. The summed E-state index contributed by atoms with van der Waals surface area (Å²) in [5.74, 6) is 1.18. The van der Waals surface area contributed by atoms with Crippen LogP contribution in [0.3, 0.4) is 0 Å². The Morgan fingerprint density at radius 2 is 2.04 bits per heavy atom. The summed E-state index contributed by atoms with van der Waals surface area (Å²) in [5, 5.41) is 19.9. The van der Waals surface area contributed by atoms with Crippen LogP contribution in [0.15, 0.2) is 28.8 Å². The second-order valence-corrected chi connectivity index (χ2v) is 8.25. The average Bonchev–Trinajstić information content (AvgIpc) is 3.37. The van der Waals surface area contributed by atoms with Gasteiger partial charge in [-0.25, -0.2) is 0 Å². The van der Waals surface area contributed by atoms with E-state index in [1.165, 1.54) is 19.3 Å². The van der Waals surface area contributed by atoms with Crippen LogP contribution in [0.5, 0.6) is 0 Å². The van der Waals surface area contributed by atoms with Crippen LogP contribution in [-0.4, -0.2) is 39.8 Å². The minimum absolute atomic E-state index is 0.00738. The van der Waals surface area contributed by atoms with Crippen LogP contribution in [0.4, 0.5) is 0 Å². The maximum absolute atomic E-state index is 12.1. The van der Waals surface area contributed by atoms with Crippen molar-refractivity contribution >= 4 is 5.91 Å². The zero-order valence-corrected chi connectivity index (χ0v) is 16.3. The zero-order chi connectivity index (χ0) is 19.6. The van der Waals surface area contributed by atoms with Crippen molar-refractivity contribution in [2.24, 2.45) is 0 Å². The molecular formula is C21H28N4O3. The number of benzene rings is 1. The first-order valence-electron chi connectivity index (χ1n) is 10.2. The fraction of sp³-hybridized carbons (Fsp3) is 0.571. The molecule has 2 aromatic rings. The average molecular weight is 384 g/mol. The number of amides is 1. The molecule has 0 radical (unpaired) electrons. The number of hydrogen-bond acceptors (Lipinski definition) is 6. The van der Waals surface area contributed by atoms with E-state index in [-0.39, 0.29) is 11.3 Å². The summed E-state index contributed by atoms with van der Waals surface area (Å²) in [7, 11) is 0. The Morgan fingerprint density at radius 3 is 2.71 bits per heavy atom. The van der Waals surface area contributed by atoms with E-state index in [0.29, 0.717) is 25.3 Å². The molecule has 0 unspecified atom stereocenters. The van der Waals surface area contributed by atoms with E-state index < -0.39 is 12.1 Å². The monoisotopic (exact) mass is 384 g/mol. The van der Waals surface area contributed by atoms with Gasteiger partial charge < -0.3 is 20.3 Å². The Balaban J connectivity index is 1.37. The Bertz CT molecular complexity index is 811. The number of aromatic nitrogens is 2. The van der Waals surface area contributed by atoms with Gasteiger partial charge in [0.25, 0.3) is 0 Å². The molecular weight excluding hydrogens is 356 g/mol. The van der Waals surface area contributed by atoms with Gasteiger partial charge in [-0.05, 0) is 31.4 Å². The molecule has 1 saturated carbocycles. The van der Waals surface area contributed by atoms with Crippen LogP contribution in [-0.2, 0) is 16.8 Å². The van der Waals surface area contributed by atoms with Gasteiger partial charge in [0, 0.05) is 17.5 Å². The fourth-order valence-electron chi connectivity index (χ4n) is 4.16. The van der Waals surface area contributed by atoms with E-state index in [0.717, 1.165) is 29.9 Å². The number of hydrogen-bond donors (Lipinski definition) is 3. The van der Waals surface area contributed by atoms with Gasteiger partial charge in [0.05, 0.1) is 6.10 Å². The summed E-state index contributed by atoms with van der Waals surface area (Å²) in [5.41, 5.74) is 1.87. The van der Waals surface area contributed by atoms with Crippen molar-refractivity contribution in [3.63, 3.8) is 0 Å². The molecule has 0 spiro atoms. The molecule has 1 aromatic heterocycles. The van der Waals surface area contributed by atoms with Crippen LogP contribution in [0, 0.1) is 0 Å². The molecule has 0 bridgehead atoms. The summed E-state index contributed by atoms with van der Waals surface area (Å²) in [6.07, 6.45) is 5.89. The summed E-state index contributed by atoms with van der Waals surface area (Å²) >= 11 is 0. The third kappa shape index (κ3) is 3.95. The summed E-state index contributed by atoms with van der Waals surface area (Å²) in [6, 6.07) is 7.28. The number of rotatable bonds is 5. The Morgan fingerprint density at radius 1 is 1.29 bits per heavy atom.